The van der Waals surface area contributed by atoms with E-state index in [1.54, 1.807) is 0 Å². The number of hydrogen-bond acceptors (Lipinski definition) is 4. The van der Waals surface area contributed by atoms with Gasteiger partial charge < -0.3 is 18.9 Å². The van der Waals surface area contributed by atoms with E-state index >= 15 is 0 Å². The molecule has 0 aromatic carbocycles. The van der Waals surface area contributed by atoms with E-state index in [1.165, 1.54) is 0 Å². The Balaban J connectivity index is 1.62. The fourth-order valence-corrected chi connectivity index (χ4v) is 1.93. The van der Waals surface area contributed by atoms with E-state index in [0.717, 1.165) is 52.3 Å². The third kappa shape index (κ3) is 3.17. The average molecular weight is 230 g/mol. The molecular formula is C12H22O4. The van der Waals surface area contributed by atoms with E-state index < -0.39 is 0 Å². The lowest BCUT2D eigenvalue weighted by Crippen LogP contribution is -2.46. The van der Waals surface area contributed by atoms with Crippen LogP contribution in [-0.2, 0) is 18.9 Å². The zero-order valence-electron chi connectivity index (χ0n) is 10.1. The molecule has 2 aliphatic rings. The third-order valence-electron chi connectivity index (χ3n) is 3.37. The van der Waals surface area contributed by atoms with E-state index in [1.807, 2.05) is 0 Å². The lowest BCUT2D eigenvalue weighted by Gasteiger charge is -2.40. The van der Waals surface area contributed by atoms with E-state index in [9.17, 15) is 0 Å². The Hall–Kier alpha value is -0.160. The van der Waals surface area contributed by atoms with Gasteiger partial charge in [0, 0.05) is 18.6 Å². The van der Waals surface area contributed by atoms with E-state index in [4.69, 9.17) is 18.9 Å². The van der Waals surface area contributed by atoms with Gasteiger partial charge in [0.25, 0.3) is 0 Å². The summed E-state index contributed by atoms with van der Waals surface area (Å²) in [6, 6.07) is 0. The van der Waals surface area contributed by atoms with E-state index in [0.29, 0.717) is 6.61 Å². The fourth-order valence-electron chi connectivity index (χ4n) is 1.93. The van der Waals surface area contributed by atoms with Crippen LogP contribution >= 0.6 is 0 Å². The Morgan fingerprint density at radius 3 is 2.38 bits per heavy atom. The van der Waals surface area contributed by atoms with Crippen LogP contribution in [0.2, 0.25) is 0 Å². The molecule has 0 radical (unpaired) electrons. The molecular weight excluding hydrogens is 208 g/mol. The molecule has 4 nitrogen and oxygen atoms in total. The van der Waals surface area contributed by atoms with Gasteiger partial charge in [-0.1, -0.05) is 6.92 Å². The van der Waals surface area contributed by atoms with Crippen molar-refractivity contribution in [3.63, 3.8) is 0 Å². The van der Waals surface area contributed by atoms with Crippen LogP contribution in [0.4, 0.5) is 0 Å². The monoisotopic (exact) mass is 230 g/mol. The van der Waals surface area contributed by atoms with Crippen LogP contribution in [0.1, 0.15) is 26.2 Å². The summed E-state index contributed by atoms with van der Waals surface area (Å²) in [4.78, 5) is 0. The second-order valence-electron chi connectivity index (χ2n) is 4.74. The SMILES string of the molecule is CCC1(COCC2OCCCCO2)COC1. The van der Waals surface area contributed by atoms with Gasteiger partial charge in [0.05, 0.1) is 26.4 Å². The van der Waals surface area contributed by atoms with Crippen LogP contribution in [0.25, 0.3) is 0 Å². The standard InChI is InChI=1S/C12H22O4/c1-2-12(9-14-10-12)8-13-7-11-15-5-3-4-6-16-11/h11H,2-10H2,1H3. The second kappa shape index (κ2) is 5.96. The summed E-state index contributed by atoms with van der Waals surface area (Å²) in [6.45, 7) is 6.72. The molecule has 2 saturated heterocycles. The number of rotatable bonds is 5. The molecule has 0 bridgehead atoms. The predicted octanol–water partition coefficient (Wildman–Crippen LogP) is 1.58. The lowest BCUT2D eigenvalue weighted by molar-refractivity contribution is -0.191. The highest BCUT2D eigenvalue weighted by atomic mass is 16.7. The lowest BCUT2D eigenvalue weighted by atomic mass is 9.84. The van der Waals surface area contributed by atoms with Gasteiger partial charge in [0.2, 0.25) is 0 Å². The summed E-state index contributed by atoms with van der Waals surface area (Å²) >= 11 is 0. The van der Waals surface area contributed by atoms with Crippen LogP contribution in [0.5, 0.6) is 0 Å². The van der Waals surface area contributed by atoms with Crippen LogP contribution in [0.3, 0.4) is 0 Å². The number of ether oxygens (including phenoxy) is 4. The molecule has 0 atom stereocenters. The summed E-state index contributed by atoms with van der Waals surface area (Å²) in [6.07, 6.45) is 3.11. The Kier molecular flexibility index (Phi) is 4.58. The van der Waals surface area contributed by atoms with Gasteiger partial charge in [0.15, 0.2) is 6.29 Å². The van der Waals surface area contributed by atoms with Crippen LogP contribution in [-0.4, -0.2) is 45.9 Å². The van der Waals surface area contributed by atoms with Crippen molar-refractivity contribution >= 4 is 0 Å². The molecule has 0 aromatic heterocycles. The Morgan fingerprint density at radius 2 is 1.88 bits per heavy atom. The molecule has 0 spiro atoms. The van der Waals surface area contributed by atoms with Gasteiger partial charge in [-0.05, 0) is 19.3 Å². The smallest absolute Gasteiger partial charge is 0.180 e. The van der Waals surface area contributed by atoms with Crippen LogP contribution in [0, 0.1) is 5.41 Å². The van der Waals surface area contributed by atoms with Gasteiger partial charge in [-0.15, -0.1) is 0 Å². The molecule has 0 unspecified atom stereocenters. The fraction of sp³-hybridized carbons (Fsp3) is 1.00. The first-order valence-corrected chi connectivity index (χ1v) is 6.23. The highest BCUT2D eigenvalue weighted by molar-refractivity contribution is 4.83. The maximum atomic E-state index is 5.70. The van der Waals surface area contributed by atoms with Crippen molar-refractivity contribution in [3.8, 4) is 0 Å². The Morgan fingerprint density at radius 1 is 1.19 bits per heavy atom. The van der Waals surface area contributed by atoms with Crippen molar-refractivity contribution in [2.24, 2.45) is 5.41 Å². The van der Waals surface area contributed by atoms with Crippen molar-refractivity contribution in [3.05, 3.63) is 0 Å². The first-order valence-electron chi connectivity index (χ1n) is 6.23. The minimum absolute atomic E-state index is 0.169. The zero-order valence-corrected chi connectivity index (χ0v) is 10.1. The highest BCUT2D eigenvalue weighted by Gasteiger charge is 2.37. The quantitative estimate of drug-likeness (QED) is 0.718. The van der Waals surface area contributed by atoms with Gasteiger partial charge in [-0.25, -0.2) is 0 Å². The van der Waals surface area contributed by atoms with Crippen molar-refractivity contribution in [2.45, 2.75) is 32.5 Å². The largest absolute Gasteiger partial charge is 0.380 e. The second-order valence-corrected chi connectivity index (χ2v) is 4.74. The molecule has 2 heterocycles. The van der Waals surface area contributed by atoms with Crippen molar-refractivity contribution in [1.82, 2.24) is 0 Å². The normalized spacial score (nSPS) is 26.1. The summed E-state index contributed by atoms with van der Waals surface area (Å²) in [5, 5.41) is 0. The summed E-state index contributed by atoms with van der Waals surface area (Å²) in [7, 11) is 0. The van der Waals surface area contributed by atoms with Gasteiger partial charge in [-0.3, -0.25) is 0 Å². The molecule has 0 aliphatic carbocycles. The van der Waals surface area contributed by atoms with Gasteiger partial charge in [-0.2, -0.15) is 0 Å². The molecule has 2 rings (SSSR count). The predicted molar refractivity (Wildman–Crippen MR) is 59.3 cm³/mol. The topological polar surface area (TPSA) is 36.9 Å². The average Bonchev–Trinajstić information content (AvgIpc) is 2.50. The summed E-state index contributed by atoms with van der Waals surface area (Å²) in [5.74, 6) is 0. The molecule has 2 fully saturated rings. The summed E-state index contributed by atoms with van der Waals surface area (Å²) in [5.41, 5.74) is 0.255. The first-order chi connectivity index (χ1) is 7.85. The molecule has 0 aromatic rings. The van der Waals surface area contributed by atoms with Crippen molar-refractivity contribution in [2.75, 3.05) is 39.6 Å². The Bertz CT molecular complexity index is 190. The maximum absolute atomic E-state index is 5.70. The third-order valence-corrected chi connectivity index (χ3v) is 3.37. The maximum Gasteiger partial charge on any atom is 0.180 e. The molecule has 0 amide bonds. The first kappa shape index (κ1) is 12.3. The highest BCUT2D eigenvalue weighted by Crippen LogP contribution is 2.31. The molecule has 0 saturated carbocycles. The molecule has 16 heavy (non-hydrogen) atoms. The zero-order chi connectivity index (χ0) is 11.3. The summed E-state index contributed by atoms with van der Waals surface area (Å²) < 4.78 is 22.0. The molecule has 0 N–H and O–H groups in total. The van der Waals surface area contributed by atoms with Gasteiger partial charge >= 0.3 is 0 Å². The van der Waals surface area contributed by atoms with E-state index in [-0.39, 0.29) is 11.7 Å². The van der Waals surface area contributed by atoms with Crippen LogP contribution < -0.4 is 0 Å². The number of hydrogen-bond donors (Lipinski definition) is 0. The molecule has 4 heteroatoms. The minimum Gasteiger partial charge on any atom is -0.380 e. The van der Waals surface area contributed by atoms with Gasteiger partial charge in [0.1, 0.15) is 0 Å². The molecule has 2 aliphatic heterocycles. The molecule has 94 valence electrons. The minimum atomic E-state index is -0.169. The van der Waals surface area contributed by atoms with Crippen molar-refractivity contribution in [1.29, 1.82) is 0 Å². The van der Waals surface area contributed by atoms with E-state index in [2.05, 4.69) is 6.92 Å². The Labute approximate surface area is 97.2 Å². The van der Waals surface area contributed by atoms with Crippen LogP contribution in [0.15, 0.2) is 0 Å². The van der Waals surface area contributed by atoms with Crippen molar-refractivity contribution < 1.29 is 18.9 Å².